The fourth-order valence-electron chi connectivity index (χ4n) is 3.28. The molecular formula is C15H24N2O2. The molecule has 0 radical (unpaired) electrons. The monoisotopic (exact) mass is 264 g/mol. The summed E-state index contributed by atoms with van der Waals surface area (Å²) in [6.45, 7) is 6.40. The summed E-state index contributed by atoms with van der Waals surface area (Å²) in [6.07, 6.45) is 5.77. The number of rotatable bonds is 3. The highest BCUT2D eigenvalue weighted by Crippen LogP contribution is 2.44. The van der Waals surface area contributed by atoms with E-state index in [0.717, 1.165) is 19.4 Å². The van der Waals surface area contributed by atoms with Gasteiger partial charge in [-0.25, -0.2) is 0 Å². The summed E-state index contributed by atoms with van der Waals surface area (Å²) in [5.41, 5.74) is -1.36. The number of carbonyl (C=O) groups is 2. The Hall–Kier alpha value is -1.06. The van der Waals surface area contributed by atoms with Crippen LogP contribution in [-0.4, -0.2) is 34.3 Å². The molecule has 2 amide bonds. The normalized spacial score (nSPS) is 35.0. The summed E-state index contributed by atoms with van der Waals surface area (Å²) in [6, 6.07) is 0. The van der Waals surface area contributed by atoms with Crippen molar-refractivity contribution in [3.63, 3.8) is 0 Å². The predicted octanol–water partition coefficient (Wildman–Crippen LogP) is 1.69. The van der Waals surface area contributed by atoms with Gasteiger partial charge in [-0.05, 0) is 58.3 Å². The van der Waals surface area contributed by atoms with Crippen molar-refractivity contribution in [2.45, 2.75) is 64.0 Å². The standard InChI is InChI=1S/C15H24N2O2/c1-14(2)12(18)16-15(3,11-7-8-11)13(19)17(14)9-10-5-4-6-10/h10-11H,4-9H2,1-3H3,(H,16,18). The molecule has 19 heavy (non-hydrogen) atoms. The third kappa shape index (κ3) is 1.87. The van der Waals surface area contributed by atoms with E-state index in [-0.39, 0.29) is 11.8 Å². The molecule has 0 aromatic rings. The van der Waals surface area contributed by atoms with Crippen LogP contribution < -0.4 is 5.32 Å². The number of nitrogens with one attached hydrogen (secondary N) is 1. The first kappa shape index (κ1) is 12.9. The molecule has 1 heterocycles. The van der Waals surface area contributed by atoms with E-state index < -0.39 is 11.1 Å². The van der Waals surface area contributed by atoms with Crippen LogP contribution >= 0.6 is 0 Å². The molecule has 3 aliphatic rings. The minimum absolute atomic E-state index is 0.000762. The summed E-state index contributed by atoms with van der Waals surface area (Å²) >= 11 is 0. The van der Waals surface area contributed by atoms with Gasteiger partial charge < -0.3 is 10.2 Å². The van der Waals surface area contributed by atoms with E-state index in [1.807, 2.05) is 25.7 Å². The van der Waals surface area contributed by atoms with Crippen LogP contribution in [0.25, 0.3) is 0 Å². The Kier molecular flexibility index (Phi) is 2.70. The van der Waals surface area contributed by atoms with Gasteiger partial charge in [0.2, 0.25) is 11.8 Å². The maximum Gasteiger partial charge on any atom is 0.249 e. The quantitative estimate of drug-likeness (QED) is 0.843. The smallest absolute Gasteiger partial charge is 0.249 e. The molecule has 3 fully saturated rings. The van der Waals surface area contributed by atoms with Gasteiger partial charge in [-0.2, -0.15) is 0 Å². The Balaban J connectivity index is 1.87. The second kappa shape index (κ2) is 3.97. The maximum absolute atomic E-state index is 12.9. The van der Waals surface area contributed by atoms with Gasteiger partial charge in [0.15, 0.2) is 0 Å². The van der Waals surface area contributed by atoms with Crippen LogP contribution in [0.3, 0.4) is 0 Å². The molecule has 2 saturated carbocycles. The van der Waals surface area contributed by atoms with Crippen LogP contribution in [-0.2, 0) is 9.59 Å². The molecule has 1 aliphatic heterocycles. The lowest BCUT2D eigenvalue weighted by Crippen LogP contribution is -2.74. The largest absolute Gasteiger partial charge is 0.340 e. The number of carbonyl (C=O) groups excluding carboxylic acids is 2. The van der Waals surface area contributed by atoms with Crippen LogP contribution in [0.2, 0.25) is 0 Å². The molecule has 3 rings (SSSR count). The summed E-state index contributed by atoms with van der Waals surface area (Å²) < 4.78 is 0. The van der Waals surface area contributed by atoms with Crippen LogP contribution in [0.1, 0.15) is 52.9 Å². The molecule has 0 bridgehead atoms. The van der Waals surface area contributed by atoms with Crippen LogP contribution in [0.15, 0.2) is 0 Å². The van der Waals surface area contributed by atoms with E-state index in [4.69, 9.17) is 0 Å². The Morgan fingerprint density at radius 1 is 1.16 bits per heavy atom. The van der Waals surface area contributed by atoms with Crippen molar-refractivity contribution in [2.75, 3.05) is 6.54 Å². The number of piperazine rings is 1. The first-order valence-electron chi connectivity index (χ1n) is 7.50. The van der Waals surface area contributed by atoms with Gasteiger partial charge in [-0.1, -0.05) is 6.42 Å². The second-order valence-electron chi connectivity index (χ2n) is 7.20. The van der Waals surface area contributed by atoms with Crippen LogP contribution in [0, 0.1) is 11.8 Å². The van der Waals surface area contributed by atoms with E-state index in [2.05, 4.69) is 5.32 Å². The molecule has 0 aromatic heterocycles. The molecule has 1 saturated heterocycles. The Bertz CT molecular complexity index is 424. The number of amides is 2. The predicted molar refractivity (Wildman–Crippen MR) is 72.4 cm³/mol. The van der Waals surface area contributed by atoms with E-state index in [1.165, 1.54) is 19.3 Å². The lowest BCUT2D eigenvalue weighted by Gasteiger charge is -2.50. The lowest BCUT2D eigenvalue weighted by molar-refractivity contribution is -0.162. The molecule has 1 unspecified atom stereocenters. The summed E-state index contributed by atoms with van der Waals surface area (Å²) in [5, 5.41) is 3.00. The molecule has 106 valence electrons. The van der Waals surface area contributed by atoms with E-state index in [9.17, 15) is 9.59 Å². The first-order chi connectivity index (χ1) is 8.85. The highest BCUT2D eigenvalue weighted by atomic mass is 16.2. The van der Waals surface area contributed by atoms with Crippen molar-refractivity contribution in [1.82, 2.24) is 10.2 Å². The van der Waals surface area contributed by atoms with Crippen molar-refractivity contribution < 1.29 is 9.59 Å². The van der Waals surface area contributed by atoms with Gasteiger partial charge >= 0.3 is 0 Å². The van der Waals surface area contributed by atoms with Gasteiger partial charge in [0.05, 0.1) is 0 Å². The van der Waals surface area contributed by atoms with Gasteiger partial charge in [-0.15, -0.1) is 0 Å². The topological polar surface area (TPSA) is 49.4 Å². The average molecular weight is 264 g/mol. The number of hydrogen-bond donors (Lipinski definition) is 1. The highest BCUT2D eigenvalue weighted by molar-refractivity contribution is 6.02. The molecule has 2 aliphatic carbocycles. The zero-order valence-corrected chi connectivity index (χ0v) is 12.2. The van der Waals surface area contributed by atoms with Crippen LogP contribution in [0.4, 0.5) is 0 Å². The van der Waals surface area contributed by atoms with E-state index in [1.54, 1.807) is 0 Å². The minimum Gasteiger partial charge on any atom is -0.340 e. The fourth-order valence-corrected chi connectivity index (χ4v) is 3.28. The molecule has 4 heteroatoms. The van der Waals surface area contributed by atoms with Crippen molar-refractivity contribution in [1.29, 1.82) is 0 Å². The van der Waals surface area contributed by atoms with E-state index >= 15 is 0 Å². The van der Waals surface area contributed by atoms with Crippen LogP contribution in [0.5, 0.6) is 0 Å². The van der Waals surface area contributed by atoms with E-state index in [0.29, 0.717) is 11.8 Å². The maximum atomic E-state index is 12.9. The number of hydrogen-bond acceptors (Lipinski definition) is 2. The SMILES string of the molecule is CC1(C2CC2)NC(=O)C(C)(C)N(CC2CCC2)C1=O. The summed E-state index contributed by atoms with van der Waals surface area (Å²) in [4.78, 5) is 27.1. The average Bonchev–Trinajstić information content (AvgIpc) is 3.08. The Morgan fingerprint density at radius 2 is 1.79 bits per heavy atom. The molecule has 1 atom stereocenters. The Labute approximate surface area is 114 Å². The van der Waals surface area contributed by atoms with Gasteiger partial charge in [0.25, 0.3) is 0 Å². The zero-order chi connectivity index (χ0) is 13.8. The summed E-state index contributed by atoms with van der Waals surface area (Å²) in [5.74, 6) is 1.06. The zero-order valence-electron chi connectivity index (χ0n) is 12.2. The molecule has 1 N–H and O–H groups in total. The Morgan fingerprint density at radius 3 is 2.26 bits per heavy atom. The van der Waals surface area contributed by atoms with Gasteiger partial charge in [-0.3, -0.25) is 9.59 Å². The third-order valence-corrected chi connectivity index (χ3v) is 5.35. The molecule has 0 spiro atoms. The highest BCUT2D eigenvalue weighted by Gasteiger charge is 2.58. The lowest BCUT2D eigenvalue weighted by atomic mass is 9.80. The van der Waals surface area contributed by atoms with Gasteiger partial charge in [0.1, 0.15) is 11.1 Å². The molecular weight excluding hydrogens is 240 g/mol. The van der Waals surface area contributed by atoms with Crippen molar-refractivity contribution in [2.24, 2.45) is 11.8 Å². The van der Waals surface area contributed by atoms with Gasteiger partial charge in [0, 0.05) is 6.54 Å². The molecule has 0 aromatic carbocycles. The second-order valence-corrected chi connectivity index (χ2v) is 7.20. The first-order valence-corrected chi connectivity index (χ1v) is 7.50. The third-order valence-electron chi connectivity index (χ3n) is 5.35. The number of nitrogens with zero attached hydrogens (tertiary/aromatic N) is 1. The fraction of sp³-hybridized carbons (Fsp3) is 0.867. The van der Waals surface area contributed by atoms with Crippen molar-refractivity contribution in [3.05, 3.63) is 0 Å². The van der Waals surface area contributed by atoms with Crippen molar-refractivity contribution >= 4 is 11.8 Å². The summed E-state index contributed by atoms with van der Waals surface area (Å²) in [7, 11) is 0. The molecule has 4 nitrogen and oxygen atoms in total. The van der Waals surface area contributed by atoms with Crippen molar-refractivity contribution in [3.8, 4) is 0 Å². The minimum atomic E-state index is -0.707.